The molecule has 4 atom stereocenters. The summed E-state index contributed by atoms with van der Waals surface area (Å²) in [6.07, 6.45) is -0.360. The van der Waals surface area contributed by atoms with E-state index in [9.17, 15) is 13.8 Å². The Hall–Kier alpha value is -3.62. The average molecular weight is 505 g/mol. The number of halogens is 1. The summed E-state index contributed by atoms with van der Waals surface area (Å²) in [6.45, 7) is 0.000315. The standard InChI is InChI=1S/C28H25FN2O4S/c29-24-18-23(36(34)26(24)31-17-16-25(32)30-27(31)33)19-35-28(20-10-4-1-5-11-20,21-12-6-2-7-13-21)22-14-8-3-9-15-22/h1-17,23-24,26H,18-19H2,(H,30,32,33)/t23-,24+,26+,36?/m0/s1. The van der Waals surface area contributed by atoms with Crippen molar-refractivity contribution in [3.05, 3.63) is 141 Å². The van der Waals surface area contributed by atoms with E-state index in [-0.39, 0.29) is 13.0 Å². The highest BCUT2D eigenvalue weighted by atomic mass is 32.2. The third-order valence-corrected chi connectivity index (χ3v) is 8.50. The van der Waals surface area contributed by atoms with Crippen molar-refractivity contribution in [3.8, 4) is 0 Å². The molecule has 184 valence electrons. The Labute approximate surface area is 209 Å². The van der Waals surface area contributed by atoms with Crippen LogP contribution in [0.5, 0.6) is 0 Å². The molecule has 1 unspecified atom stereocenters. The lowest BCUT2D eigenvalue weighted by Gasteiger charge is -2.36. The number of hydrogen-bond acceptors (Lipinski definition) is 4. The molecule has 0 radical (unpaired) electrons. The van der Waals surface area contributed by atoms with E-state index < -0.39 is 44.4 Å². The van der Waals surface area contributed by atoms with E-state index in [1.165, 1.54) is 6.20 Å². The maximum atomic E-state index is 15.1. The van der Waals surface area contributed by atoms with E-state index in [0.29, 0.717) is 0 Å². The minimum Gasteiger partial charge on any atom is -0.360 e. The van der Waals surface area contributed by atoms with Crippen LogP contribution >= 0.6 is 0 Å². The van der Waals surface area contributed by atoms with Crippen LogP contribution in [0.3, 0.4) is 0 Å². The van der Waals surface area contributed by atoms with Gasteiger partial charge in [0.05, 0.1) is 22.7 Å². The number of nitrogens with zero attached hydrogens (tertiary/aromatic N) is 1. The molecule has 0 spiro atoms. The molecule has 5 rings (SSSR count). The Morgan fingerprint density at radius 1 is 0.861 bits per heavy atom. The van der Waals surface area contributed by atoms with Crippen molar-refractivity contribution in [2.45, 2.75) is 28.8 Å². The Balaban J connectivity index is 1.53. The molecule has 8 heteroatoms. The normalized spacial score (nSPS) is 21.9. The number of H-pyrrole nitrogens is 1. The van der Waals surface area contributed by atoms with Gasteiger partial charge in [0.25, 0.3) is 5.56 Å². The van der Waals surface area contributed by atoms with Gasteiger partial charge in [0.15, 0.2) is 0 Å². The van der Waals surface area contributed by atoms with Crippen molar-refractivity contribution in [2.24, 2.45) is 0 Å². The zero-order valence-electron chi connectivity index (χ0n) is 19.3. The Morgan fingerprint density at radius 3 is 1.83 bits per heavy atom. The molecule has 1 aliphatic rings. The summed E-state index contributed by atoms with van der Waals surface area (Å²) in [5.41, 5.74) is 0.266. The van der Waals surface area contributed by atoms with Gasteiger partial charge in [0.2, 0.25) is 0 Å². The van der Waals surface area contributed by atoms with Crippen molar-refractivity contribution in [1.82, 2.24) is 9.55 Å². The molecular formula is C28H25FN2O4S. The lowest BCUT2D eigenvalue weighted by Crippen LogP contribution is -2.37. The first-order chi connectivity index (χ1) is 17.5. The summed E-state index contributed by atoms with van der Waals surface area (Å²) >= 11 is 0. The Bertz CT molecular complexity index is 1360. The topological polar surface area (TPSA) is 81.2 Å². The zero-order valence-corrected chi connectivity index (χ0v) is 20.1. The van der Waals surface area contributed by atoms with Crippen LogP contribution in [-0.4, -0.2) is 31.8 Å². The minimum atomic E-state index is -1.76. The molecule has 1 aliphatic heterocycles. The van der Waals surface area contributed by atoms with E-state index in [4.69, 9.17) is 4.74 Å². The van der Waals surface area contributed by atoms with Gasteiger partial charge < -0.3 is 4.74 Å². The number of hydrogen-bond donors (Lipinski definition) is 1. The third-order valence-electron chi connectivity index (χ3n) is 6.52. The summed E-state index contributed by atoms with van der Waals surface area (Å²) in [4.78, 5) is 25.8. The smallest absolute Gasteiger partial charge is 0.329 e. The summed E-state index contributed by atoms with van der Waals surface area (Å²) in [5, 5.41) is -1.85. The number of rotatable bonds is 7. The summed E-state index contributed by atoms with van der Waals surface area (Å²) in [6, 6.07) is 30.4. The van der Waals surface area contributed by atoms with Crippen LogP contribution in [0.15, 0.2) is 113 Å². The van der Waals surface area contributed by atoms with E-state index in [2.05, 4.69) is 4.98 Å². The molecule has 6 nitrogen and oxygen atoms in total. The van der Waals surface area contributed by atoms with Crippen molar-refractivity contribution < 1.29 is 13.3 Å². The minimum absolute atomic E-state index is 0.000315. The molecule has 3 aromatic carbocycles. The maximum Gasteiger partial charge on any atom is 0.329 e. The van der Waals surface area contributed by atoms with Crippen LogP contribution < -0.4 is 11.2 Å². The summed E-state index contributed by atoms with van der Waals surface area (Å²) in [7, 11) is -1.76. The largest absolute Gasteiger partial charge is 0.360 e. The van der Waals surface area contributed by atoms with E-state index in [1.54, 1.807) is 0 Å². The fourth-order valence-corrected chi connectivity index (χ4v) is 6.60. The predicted molar refractivity (Wildman–Crippen MR) is 137 cm³/mol. The van der Waals surface area contributed by atoms with Crippen LogP contribution in [0.25, 0.3) is 0 Å². The second-order valence-corrected chi connectivity index (χ2v) is 10.5. The van der Waals surface area contributed by atoms with Crippen molar-refractivity contribution in [1.29, 1.82) is 0 Å². The fourth-order valence-electron chi connectivity index (χ4n) is 4.84. The first kappa shape index (κ1) is 24.1. The second-order valence-electron chi connectivity index (χ2n) is 8.70. The van der Waals surface area contributed by atoms with Crippen LogP contribution in [0.2, 0.25) is 0 Å². The molecular weight excluding hydrogens is 479 g/mol. The zero-order chi connectivity index (χ0) is 25.1. The van der Waals surface area contributed by atoms with Crippen molar-refractivity contribution in [2.75, 3.05) is 6.61 Å². The van der Waals surface area contributed by atoms with Gasteiger partial charge in [-0.25, -0.2) is 9.18 Å². The Morgan fingerprint density at radius 2 is 1.36 bits per heavy atom. The summed E-state index contributed by atoms with van der Waals surface area (Å²) in [5.74, 6) is 0. The van der Waals surface area contributed by atoms with Crippen LogP contribution in [-0.2, 0) is 21.1 Å². The summed E-state index contributed by atoms with van der Waals surface area (Å²) < 4.78 is 36.3. The van der Waals surface area contributed by atoms with Crippen LogP contribution in [0.1, 0.15) is 28.5 Å². The molecule has 1 aromatic heterocycles. The fraction of sp³-hybridized carbons (Fsp3) is 0.214. The molecule has 2 heterocycles. The molecule has 0 amide bonds. The van der Waals surface area contributed by atoms with Gasteiger partial charge in [-0.3, -0.25) is 18.6 Å². The first-order valence-electron chi connectivity index (χ1n) is 11.7. The lowest BCUT2D eigenvalue weighted by atomic mass is 9.80. The second kappa shape index (κ2) is 10.2. The monoisotopic (exact) mass is 504 g/mol. The van der Waals surface area contributed by atoms with Crippen LogP contribution in [0, 0.1) is 0 Å². The van der Waals surface area contributed by atoms with Crippen molar-refractivity contribution >= 4 is 10.8 Å². The average Bonchev–Trinajstić information content (AvgIpc) is 3.19. The van der Waals surface area contributed by atoms with Crippen molar-refractivity contribution in [3.63, 3.8) is 0 Å². The third kappa shape index (κ3) is 4.38. The van der Waals surface area contributed by atoms with Gasteiger partial charge in [-0.15, -0.1) is 0 Å². The van der Waals surface area contributed by atoms with E-state index >= 15 is 4.39 Å². The van der Waals surface area contributed by atoms with Gasteiger partial charge in [-0.2, -0.15) is 0 Å². The van der Waals surface area contributed by atoms with E-state index in [0.717, 1.165) is 27.3 Å². The van der Waals surface area contributed by atoms with Crippen LogP contribution in [0.4, 0.5) is 4.39 Å². The molecule has 0 saturated carbocycles. The molecule has 4 aromatic rings. The molecule has 1 N–H and O–H groups in total. The predicted octanol–water partition coefficient (Wildman–Crippen LogP) is 3.90. The van der Waals surface area contributed by atoms with Gasteiger partial charge in [-0.1, -0.05) is 91.0 Å². The number of benzene rings is 3. The number of ether oxygens (including phenoxy) is 1. The lowest BCUT2D eigenvalue weighted by molar-refractivity contribution is 0.0119. The highest BCUT2D eigenvalue weighted by Gasteiger charge is 2.45. The number of aromatic amines is 1. The number of alkyl halides is 1. The maximum absolute atomic E-state index is 15.1. The molecule has 1 fully saturated rings. The number of nitrogens with one attached hydrogen (secondary N) is 1. The van der Waals surface area contributed by atoms with Gasteiger partial charge in [0, 0.05) is 12.3 Å². The highest BCUT2D eigenvalue weighted by molar-refractivity contribution is 7.86. The highest BCUT2D eigenvalue weighted by Crippen LogP contribution is 2.42. The molecule has 1 saturated heterocycles. The first-order valence-corrected chi connectivity index (χ1v) is 12.9. The Kier molecular flexibility index (Phi) is 6.80. The molecule has 0 aliphatic carbocycles. The van der Waals surface area contributed by atoms with E-state index in [1.807, 2.05) is 91.0 Å². The molecule has 36 heavy (non-hydrogen) atoms. The number of aromatic nitrogens is 2. The quantitative estimate of drug-likeness (QED) is 0.387. The van der Waals surface area contributed by atoms with Gasteiger partial charge in [-0.05, 0) is 23.1 Å². The molecule has 0 bridgehead atoms. The SMILES string of the molecule is O=c1ccn([C@H]2[C@H](F)C[C@@H](COC(c3ccccc3)(c3ccccc3)c3ccccc3)S2=O)c(=O)[nH]1. The van der Waals surface area contributed by atoms with Gasteiger partial charge >= 0.3 is 5.69 Å². The van der Waals surface area contributed by atoms with Gasteiger partial charge in [0.1, 0.15) is 17.1 Å².